The van der Waals surface area contributed by atoms with Crippen molar-refractivity contribution in [1.82, 2.24) is 4.90 Å². The molecule has 1 aliphatic heterocycles. The van der Waals surface area contributed by atoms with E-state index in [4.69, 9.17) is 0 Å². The number of hydrogen-bond donors (Lipinski definition) is 0. The number of hydrogen-bond acceptors (Lipinski definition) is 5. The second-order valence-corrected chi connectivity index (χ2v) is 7.00. The molecule has 0 aliphatic carbocycles. The molecule has 1 fully saturated rings. The third-order valence-corrected chi connectivity index (χ3v) is 4.91. The van der Waals surface area contributed by atoms with Crippen molar-refractivity contribution < 1.29 is 9.72 Å². The Hall–Kier alpha value is -2.25. The summed E-state index contributed by atoms with van der Waals surface area (Å²) in [5.74, 6) is -0.204. The summed E-state index contributed by atoms with van der Waals surface area (Å²) in [6, 6.07) is 11.6. The summed E-state index contributed by atoms with van der Waals surface area (Å²) >= 11 is 3.35. The molecule has 0 radical (unpaired) electrons. The molecule has 0 atom stereocenters. The van der Waals surface area contributed by atoms with Gasteiger partial charge in [0, 0.05) is 54.0 Å². The number of nitro benzene ring substituents is 1. The van der Waals surface area contributed by atoms with Gasteiger partial charge in [-0.3, -0.25) is 14.9 Å². The Labute approximate surface area is 154 Å². The van der Waals surface area contributed by atoms with Gasteiger partial charge < -0.3 is 9.80 Å². The minimum Gasteiger partial charge on any atom is -0.368 e. The zero-order valence-corrected chi connectivity index (χ0v) is 15.4. The molecule has 3 rings (SSSR count). The Morgan fingerprint density at radius 2 is 1.72 bits per heavy atom. The van der Waals surface area contributed by atoms with Crippen LogP contribution in [0.1, 0.15) is 15.9 Å². The van der Waals surface area contributed by atoms with Crippen LogP contribution in [0.3, 0.4) is 0 Å². The summed E-state index contributed by atoms with van der Waals surface area (Å²) in [6.07, 6.45) is 0. The van der Waals surface area contributed by atoms with Crippen molar-refractivity contribution in [2.24, 2.45) is 0 Å². The SMILES string of the molecule is CN1CCN(c2ccc([N+](=O)[O-])cc2C(=O)c2ccc(Br)cc2)CC1. The molecule has 25 heavy (non-hydrogen) atoms. The predicted molar refractivity (Wildman–Crippen MR) is 100 cm³/mol. The second-order valence-electron chi connectivity index (χ2n) is 6.08. The number of nitrogens with zero attached hydrogens (tertiary/aromatic N) is 3. The van der Waals surface area contributed by atoms with E-state index in [1.165, 1.54) is 12.1 Å². The molecule has 1 saturated heterocycles. The fraction of sp³-hybridized carbons (Fsp3) is 0.278. The van der Waals surface area contributed by atoms with Gasteiger partial charge in [-0.15, -0.1) is 0 Å². The van der Waals surface area contributed by atoms with Gasteiger partial charge in [-0.05, 0) is 37.4 Å². The lowest BCUT2D eigenvalue weighted by Gasteiger charge is -2.35. The number of halogens is 1. The number of benzene rings is 2. The first-order chi connectivity index (χ1) is 12.0. The van der Waals surface area contributed by atoms with Crippen molar-refractivity contribution in [3.8, 4) is 0 Å². The molecule has 6 nitrogen and oxygen atoms in total. The fourth-order valence-corrected chi connectivity index (χ4v) is 3.16. The summed E-state index contributed by atoms with van der Waals surface area (Å²) in [6.45, 7) is 3.36. The highest BCUT2D eigenvalue weighted by Crippen LogP contribution is 2.29. The molecule has 0 aromatic heterocycles. The Balaban J connectivity index is 2.02. The molecule has 0 bridgehead atoms. The molecule has 130 valence electrons. The maximum absolute atomic E-state index is 13.0. The normalized spacial score (nSPS) is 15.2. The van der Waals surface area contributed by atoms with Crippen molar-refractivity contribution in [2.75, 3.05) is 38.1 Å². The Bertz CT molecular complexity index is 800. The van der Waals surface area contributed by atoms with Crippen LogP contribution < -0.4 is 4.90 Å². The van der Waals surface area contributed by atoms with Gasteiger partial charge in [-0.1, -0.05) is 15.9 Å². The minimum atomic E-state index is -0.466. The quantitative estimate of drug-likeness (QED) is 0.444. The topological polar surface area (TPSA) is 66.7 Å². The highest BCUT2D eigenvalue weighted by molar-refractivity contribution is 9.10. The second kappa shape index (κ2) is 7.33. The van der Waals surface area contributed by atoms with Gasteiger partial charge in [0.15, 0.2) is 5.78 Å². The largest absolute Gasteiger partial charge is 0.368 e. The van der Waals surface area contributed by atoms with Gasteiger partial charge in [-0.2, -0.15) is 0 Å². The van der Waals surface area contributed by atoms with Gasteiger partial charge in [0.1, 0.15) is 0 Å². The van der Waals surface area contributed by atoms with Gasteiger partial charge in [-0.25, -0.2) is 0 Å². The molecule has 1 heterocycles. The molecule has 0 saturated carbocycles. The van der Waals surface area contributed by atoms with E-state index in [1.807, 2.05) is 0 Å². The van der Waals surface area contributed by atoms with E-state index >= 15 is 0 Å². The lowest BCUT2D eigenvalue weighted by molar-refractivity contribution is -0.384. The van der Waals surface area contributed by atoms with Crippen molar-refractivity contribution in [3.63, 3.8) is 0 Å². The number of anilines is 1. The van der Waals surface area contributed by atoms with Crippen LogP contribution in [0.5, 0.6) is 0 Å². The highest BCUT2D eigenvalue weighted by Gasteiger charge is 2.23. The number of piperazine rings is 1. The monoisotopic (exact) mass is 403 g/mol. The third-order valence-electron chi connectivity index (χ3n) is 4.39. The predicted octanol–water partition coefficient (Wildman–Crippen LogP) is 3.34. The van der Waals surface area contributed by atoms with Crippen molar-refractivity contribution in [2.45, 2.75) is 0 Å². The molecule has 7 heteroatoms. The van der Waals surface area contributed by atoms with E-state index in [2.05, 4.69) is 32.8 Å². The first kappa shape index (κ1) is 17.6. The van der Waals surface area contributed by atoms with Crippen molar-refractivity contribution in [3.05, 3.63) is 68.2 Å². The molecule has 2 aromatic carbocycles. The van der Waals surface area contributed by atoms with Crippen LogP contribution in [-0.4, -0.2) is 48.8 Å². The van der Waals surface area contributed by atoms with E-state index in [1.54, 1.807) is 30.3 Å². The highest BCUT2D eigenvalue weighted by atomic mass is 79.9. The van der Waals surface area contributed by atoms with Crippen LogP contribution in [0, 0.1) is 10.1 Å². The fourth-order valence-electron chi connectivity index (χ4n) is 2.90. The standard InChI is InChI=1S/C18H18BrN3O3/c1-20-8-10-21(11-9-20)17-7-6-15(22(24)25)12-16(17)18(23)13-2-4-14(19)5-3-13/h2-7,12H,8-11H2,1H3. The van der Waals surface area contributed by atoms with E-state index < -0.39 is 4.92 Å². The van der Waals surface area contributed by atoms with Crippen molar-refractivity contribution in [1.29, 1.82) is 0 Å². The summed E-state index contributed by atoms with van der Waals surface area (Å²) < 4.78 is 0.877. The van der Waals surface area contributed by atoms with E-state index in [0.717, 1.165) is 36.3 Å². The zero-order valence-electron chi connectivity index (χ0n) is 13.8. The number of likely N-dealkylation sites (N-methyl/N-ethyl adjacent to an activating group) is 1. The average molecular weight is 404 g/mol. The molecular weight excluding hydrogens is 386 g/mol. The number of rotatable bonds is 4. The van der Waals surface area contributed by atoms with Gasteiger partial charge in [0.25, 0.3) is 5.69 Å². The molecule has 0 unspecified atom stereocenters. The van der Waals surface area contributed by atoms with Gasteiger partial charge in [0.2, 0.25) is 0 Å². The lowest BCUT2D eigenvalue weighted by Crippen LogP contribution is -2.45. The maximum Gasteiger partial charge on any atom is 0.270 e. The van der Waals surface area contributed by atoms with Crippen molar-refractivity contribution >= 4 is 33.1 Å². The summed E-state index contributed by atoms with van der Waals surface area (Å²) in [5, 5.41) is 11.2. The lowest BCUT2D eigenvalue weighted by atomic mass is 10.00. The number of non-ortho nitro benzene ring substituents is 1. The van der Waals surface area contributed by atoms with Crippen LogP contribution in [0.4, 0.5) is 11.4 Å². The van der Waals surface area contributed by atoms with Crippen LogP contribution in [-0.2, 0) is 0 Å². The number of carbonyl (C=O) groups excluding carboxylic acids is 1. The first-order valence-electron chi connectivity index (χ1n) is 7.98. The van der Waals surface area contributed by atoms with E-state index in [0.29, 0.717) is 11.1 Å². The van der Waals surface area contributed by atoms with Gasteiger partial charge in [0.05, 0.1) is 10.5 Å². The van der Waals surface area contributed by atoms with Crippen LogP contribution in [0.25, 0.3) is 0 Å². The van der Waals surface area contributed by atoms with Crippen LogP contribution in [0.2, 0.25) is 0 Å². The third kappa shape index (κ3) is 3.88. The first-order valence-corrected chi connectivity index (χ1v) is 8.77. The minimum absolute atomic E-state index is 0.0710. The maximum atomic E-state index is 13.0. The smallest absolute Gasteiger partial charge is 0.270 e. The Morgan fingerprint density at radius 3 is 2.32 bits per heavy atom. The Kier molecular flexibility index (Phi) is 5.15. The van der Waals surface area contributed by atoms with Gasteiger partial charge >= 0.3 is 0 Å². The summed E-state index contributed by atoms with van der Waals surface area (Å²) in [4.78, 5) is 28.0. The van der Waals surface area contributed by atoms with Crippen LogP contribution in [0.15, 0.2) is 46.9 Å². The van der Waals surface area contributed by atoms with E-state index in [9.17, 15) is 14.9 Å². The Morgan fingerprint density at radius 1 is 1.08 bits per heavy atom. The molecule has 1 aliphatic rings. The number of ketones is 1. The molecular formula is C18H18BrN3O3. The average Bonchev–Trinajstić information content (AvgIpc) is 2.62. The number of nitro groups is 1. The molecule has 0 spiro atoms. The zero-order chi connectivity index (χ0) is 18.0. The molecule has 2 aromatic rings. The number of carbonyl (C=O) groups is 1. The van der Waals surface area contributed by atoms with E-state index in [-0.39, 0.29) is 11.5 Å². The summed E-state index contributed by atoms with van der Waals surface area (Å²) in [7, 11) is 2.06. The summed E-state index contributed by atoms with van der Waals surface area (Å²) in [5.41, 5.74) is 1.57. The molecule has 0 N–H and O–H groups in total. The van der Waals surface area contributed by atoms with Crippen LogP contribution >= 0.6 is 15.9 Å². The molecule has 0 amide bonds.